The Bertz CT molecular complexity index is 568. The standard InChI is InChI=1S/C17H22N2O2/c1-2-19-11-13(10-16(19)20)17(21)18-15-9-5-7-12-6-3-4-8-14(12)15/h5,7,9,13H,2-4,6,8,10-11H2,1H3,(H,18,21). The molecule has 1 fully saturated rings. The molecule has 2 amide bonds. The molecule has 21 heavy (non-hydrogen) atoms. The molecule has 1 heterocycles. The maximum Gasteiger partial charge on any atom is 0.229 e. The molecule has 0 bridgehead atoms. The smallest absolute Gasteiger partial charge is 0.229 e. The number of nitrogens with zero attached hydrogens (tertiary/aromatic N) is 1. The molecule has 1 aromatic rings. The van der Waals surface area contributed by atoms with Crippen LogP contribution in [0.25, 0.3) is 0 Å². The molecule has 0 aromatic heterocycles. The number of rotatable bonds is 3. The van der Waals surface area contributed by atoms with E-state index in [0.29, 0.717) is 19.5 Å². The molecule has 3 rings (SSSR count). The van der Waals surface area contributed by atoms with Gasteiger partial charge in [-0.2, -0.15) is 0 Å². The molecular formula is C17H22N2O2. The second-order valence-corrected chi connectivity index (χ2v) is 5.97. The van der Waals surface area contributed by atoms with Crippen LogP contribution in [-0.2, 0) is 22.4 Å². The third-order valence-electron chi connectivity index (χ3n) is 4.62. The molecule has 1 saturated heterocycles. The third-order valence-corrected chi connectivity index (χ3v) is 4.62. The number of amides is 2. The topological polar surface area (TPSA) is 49.4 Å². The first kappa shape index (κ1) is 14.1. The predicted molar refractivity (Wildman–Crippen MR) is 82.1 cm³/mol. The zero-order valence-electron chi connectivity index (χ0n) is 12.5. The summed E-state index contributed by atoms with van der Waals surface area (Å²) in [6.07, 6.45) is 4.90. The monoisotopic (exact) mass is 286 g/mol. The molecule has 0 spiro atoms. The van der Waals surface area contributed by atoms with Crippen molar-refractivity contribution in [2.45, 2.75) is 39.0 Å². The molecule has 1 unspecified atom stereocenters. The van der Waals surface area contributed by atoms with Gasteiger partial charge in [-0.1, -0.05) is 12.1 Å². The maximum atomic E-state index is 12.4. The van der Waals surface area contributed by atoms with Crippen molar-refractivity contribution >= 4 is 17.5 Å². The van der Waals surface area contributed by atoms with E-state index in [-0.39, 0.29) is 17.7 Å². The summed E-state index contributed by atoms with van der Waals surface area (Å²) in [5.74, 6) is -0.136. The zero-order valence-corrected chi connectivity index (χ0v) is 12.5. The summed E-state index contributed by atoms with van der Waals surface area (Å²) in [6.45, 7) is 3.19. The largest absolute Gasteiger partial charge is 0.342 e. The van der Waals surface area contributed by atoms with Gasteiger partial charge in [0.05, 0.1) is 5.92 Å². The van der Waals surface area contributed by atoms with Crippen LogP contribution in [0.1, 0.15) is 37.3 Å². The van der Waals surface area contributed by atoms with Gasteiger partial charge in [0.25, 0.3) is 0 Å². The van der Waals surface area contributed by atoms with E-state index in [1.165, 1.54) is 24.0 Å². The van der Waals surface area contributed by atoms with Gasteiger partial charge in [-0.15, -0.1) is 0 Å². The second-order valence-electron chi connectivity index (χ2n) is 5.97. The highest BCUT2D eigenvalue weighted by atomic mass is 16.2. The highest BCUT2D eigenvalue weighted by molar-refractivity contribution is 5.97. The van der Waals surface area contributed by atoms with Crippen LogP contribution in [0.5, 0.6) is 0 Å². The van der Waals surface area contributed by atoms with Crippen molar-refractivity contribution in [3.8, 4) is 0 Å². The Morgan fingerprint density at radius 1 is 1.33 bits per heavy atom. The Hall–Kier alpha value is -1.84. The van der Waals surface area contributed by atoms with Crippen molar-refractivity contribution in [1.82, 2.24) is 4.90 Å². The summed E-state index contributed by atoms with van der Waals surface area (Å²) < 4.78 is 0. The molecule has 2 aliphatic rings. The normalized spacial score (nSPS) is 21.3. The average molecular weight is 286 g/mol. The lowest BCUT2D eigenvalue weighted by Gasteiger charge is -2.20. The van der Waals surface area contributed by atoms with Crippen LogP contribution in [0, 0.1) is 5.92 Å². The Kier molecular flexibility index (Phi) is 3.95. The van der Waals surface area contributed by atoms with Crippen LogP contribution in [0.15, 0.2) is 18.2 Å². The minimum atomic E-state index is -0.211. The van der Waals surface area contributed by atoms with Gasteiger partial charge < -0.3 is 10.2 Å². The maximum absolute atomic E-state index is 12.4. The highest BCUT2D eigenvalue weighted by Gasteiger charge is 2.33. The minimum Gasteiger partial charge on any atom is -0.342 e. The van der Waals surface area contributed by atoms with E-state index in [1.54, 1.807) is 4.90 Å². The van der Waals surface area contributed by atoms with E-state index in [0.717, 1.165) is 18.5 Å². The molecule has 112 valence electrons. The number of aryl methyl sites for hydroxylation is 1. The fourth-order valence-electron chi connectivity index (χ4n) is 3.39. The molecule has 4 nitrogen and oxygen atoms in total. The number of fused-ring (bicyclic) bond motifs is 1. The highest BCUT2D eigenvalue weighted by Crippen LogP contribution is 2.29. The lowest BCUT2D eigenvalue weighted by molar-refractivity contribution is -0.128. The Morgan fingerprint density at radius 3 is 2.90 bits per heavy atom. The molecule has 0 saturated carbocycles. The van der Waals surface area contributed by atoms with Crippen molar-refractivity contribution < 1.29 is 9.59 Å². The van der Waals surface area contributed by atoms with E-state index in [9.17, 15) is 9.59 Å². The summed E-state index contributed by atoms with van der Waals surface area (Å²) in [6, 6.07) is 6.15. The SMILES string of the molecule is CCN1CC(C(=O)Nc2cccc3c2CCCC3)CC1=O. The van der Waals surface area contributed by atoms with Gasteiger partial charge in [0, 0.05) is 25.2 Å². The molecule has 4 heteroatoms. The molecule has 1 aliphatic carbocycles. The molecule has 1 aliphatic heterocycles. The van der Waals surface area contributed by atoms with Crippen molar-refractivity contribution in [1.29, 1.82) is 0 Å². The van der Waals surface area contributed by atoms with Crippen LogP contribution in [-0.4, -0.2) is 29.8 Å². The van der Waals surface area contributed by atoms with E-state index >= 15 is 0 Å². The van der Waals surface area contributed by atoms with Gasteiger partial charge in [-0.25, -0.2) is 0 Å². The second kappa shape index (κ2) is 5.88. The first-order valence-electron chi connectivity index (χ1n) is 7.88. The number of carbonyl (C=O) groups is 2. The lowest BCUT2D eigenvalue weighted by Crippen LogP contribution is -2.28. The van der Waals surface area contributed by atoms with Gasteiger partial charge in [-0.3, -0.25) is 9.59 Å². The fourth-order valence-corrected chi connectivity index (χ4v) is 3.39. The van der Waals surface area contributed by atoms with Gasteiger partial charge in [-0.05, 0) is 49.8 Å². The van der Waals surface area contributed by atoms with Crippen LogP contribution < -0.4 is 5.32 Å². The van der Waals surface area contributed by atoms with Gasteiger partial charge in [0.2, 0.25) is 11.8 Å². The van der Waals surface area contributed by atoms with Crippen LogP contribution in [0.2, 0.25) is 0 Å². The lowest BCUT2D eigenvalue weighted by atomic mass is 9.90. The van der Waals surface area contributed by atoms with Crippen molar-refractivity contribution in [3.63, 3.8) is 0 Å². The first-order chi connectivity index (χ1) is 10.2. The summed E-state index contributed by atoms with van der Waals surface area (Å²) in [7, 11) is 0. The number of likely N-dealkylation sites (tertiary alicyclic amines) is 1. The predicted octanol–water partition coefficient (Wildman–Crippen LogP) is 2.37. The first-order valence-corrected chi connectivity index (χ1v) is 7.88. The number of anilines is 1. The molecule has 1 atom stereocenters. The number of hydrogen-bond acceptors (Lipinski definition) is 2. The van der Waals surface area contributed by atoms with Gasteiger partial charge >= 0.3 is 0 Å². The summed E-state index contributed by atoms with van der Waals surface area (Å²) in [5, 5.41) is 3.06. The molecular weight excluding hydrogens is 264 g/mol. The molecule has 1 N–H and O–H groups in total. The van der Waals surface area contributed by atoms with Crippen molar-refractivity contribution in [2.24, 2.45) is 5.92 Å². The fraction of sp³-hybridized carbons (Fsp3) is 0.529. The molecule has 1 aromatic carbocycles. The van der Waals surface area contributed by atoms with E-state index < -0.39 is 0 Å². The van der Waals surface area contributed by atoms with Crippen molar-refractivity contribution in [3.05, 3.63) is 29.3 Å². The Morgan fingerprint density at radius 2 is 2.14 bits per heavy atom. The summed E-state index contributed by atoms with van der Waals surface area (Å²) in [5.41, 5.74) is 3.59. The van der Waals surface area contributed by atoms with Gasteiger partial charge in [0.15, 0.2) is 0 Å². The van der Waals surface area contributed by atoms with E-state index in [4.69, 9.17) is 0 Å². The Balaban J connectivity index is 1.72. The Labute approximate surface area is 125 Å². The number of carbonyl (C=O) groups excluding carboxylic acids is 2. The number of hydrogen-bond donors (Lipinski definition) is 1. The van der Waals surface area contributed by atoms with Crippen LogP contribution >= 0.6 is 0 Å². The number of benzene rings is 1. The van der Waals surface area contributed by atoms with E-state index in [1.807, 2.05) is 19.1 Å². The summed E-state index contributed by atoms with van der Waals surface area (Å²) >= 11 is 0. The van der Waals surface area contributed by atoms with Crippen LogP contribution in [0.4, 0.5) is 5.69 Å². The minimum absolute atomic E-state index is 0.0155. The third kappa shape index (κ3) is 2.80. The van der Waals surface area contributed by atoms with Crippen LogP contribution in [0.3, 0.4) is 0 Å². The molecule has 0 radical (unpaired) electrons. The van der Waals surface area contributed by atoms with Crippen molar-refractivity contribution in [2.75, 3.05) is 18.4 Å². The zero-order chi connectivity index (χ0) is 14.8. The average Bonchev–Trinajstić information content (AvgIpc) is 2.89. The quantitative estimate of drug-likeness (QED) is 0.927. The van der Waals surface area contributed by atoms with E-state index in [2.05, 4.69) is 11.4 Å². The number of nitrogens with one attached hydrogen (secondary N) is 1. The van der Waals surface area contributed by atoms with Gasteiger partial charge in [0.1, 0.15) is 0 Å². The summed E-state index contributed by atoms with van der Waals surface area (Å²) in [4.78, 5) is 25.9.